The third-order valence-corrected chi connectivity index (χ3v) is 4.11. The van der Waals surface area contributed by atoms with Crippen LogP contribution in [0.3, 0.4) is 0 Å². The van der Waals surface area contributed by atoms with Crippen LogP contribution in [-0.2, 0) is 13.5 Å². The summed E-state index contributed by atoms with van der Waals surface area (Å²) in [6.45, 7) is 2.00. The number of rotatable bonds is 2. The Bertz CT molecular complexity index is 423. The van der Waals surface area contributed by atoms with Gasteiger partial charge in [-0.1, -0.05) is 11.6 Å². The van der Waals surface area contributed by atoms with E-state index in [-0.39, 0.29) is 6.10 Å². The van der Waals surface area contributed by atoms with Gasteiger partial charge in [-0.15, -0.1) is 0 Å². The van der Waals surface area contributed by atoms with E-state index in [0.29, 0.717) is 0 Å². The first-order valence-electron chi connectivity index (χ1n) is 5.63. The van der Waals surface area contributed by atoms with Crippen LogP contribution in [0.25, 0.3) is 0 Å². The van der Waals surface area contributed by atoms with E-state index in [0.717, 1.165) is 35.8 Å². The van der Waals surface area contributed by atoms with Gasteiger partial charge in [0.1, 0.15) is 0 Å². The summed E-state index contributed by atoms with van der Waals surface area (Å²) in [6, 6.07) is 0. The van der Waals surface area contributed by atoms with Gasteiger partial charge in [-0.2, -0.15) is 5.10 Å². The Balaban J connectivity index is 2.20. The van der Waals surface area contributed by atoms with Gasteiger partial charge in [-0.25, -0.2) is 0 Å². The second kappa shape index (κ2) is 4.72. The summed E-state index contributed by atoms with van der Waals surface area (Å²) < 4.78 is 3.01. The zero-order chi connectivity index (χ0) is 11.7. The quantitative estimate of drug-likeness (QED) is 0.848. The molecule has 1 unspecified atom stereocenters. The average Bonchev–Trinajstić information content (AvgIpc) is 2.45. The van der Waals surface area contributed by atoms with Crippen molar-refractivity contribution in [3.05, 3.63) is 27.5 Å². The fraction of sp³-hybridized carbons (Fsp3) is 0.583. The lowest BCUT2D eigenvalue weighted by molar-refractivity contribution is 0.201. The maximum atomic E-state index is 9.59. The van der Waals surface area contributed by atoms with Crippen molar-refractivity contribution in [1.29, 1.82) is 0 Å². The molecule has 0 aromatic carbocycles. The predicted molar refractivity (Wildman–Crippen MR) is 67.3 cm³/mol. The van der Waals surface area contributed by atoms with Crippen LogP contribution in [0.2, 0.25) is 0 Å². The molecule has 1 heterocycles. The number of hydrogen-bond acceptors (Lipinski definition) is 2. The van der Waals surface area contributed by atoms with Crippen molar-refractivity contribution in [3.63, 3.8) is 0 Å². The maximum absolute atomic E-state index is 9.59. The molecule has 1 aliphatic carbocycles. The fourth-order valence-corrected chi connectivity index (χ4v) is 2.69. The highest BCUT2D eigenvalue weighted by atomic mass is 79.9. The van der Waals surface area contributed by atoms with Crippen molar-refractivity contribution in [3.8, 4) is 0 Å². The summed E-state index contributed by atoms with van der Waals surface area (Å²) in [5.41, 5.74) is 3.54. The minimum atomic E-state index is -0.253. The molecule has 1 aromatic rings. The summed E-state index contributed by atoms with van der Waals surface area (Å²) in [7, 11) is 1.97. The molecule has 0 aliphatic heterocycles. The molecule has 2 rings (SSSR count). The fourth-order valence-electron chi connectivity index (χ4n) is 2.21. The molecule has 4 heteroatoms. The number of aliphatic hydroxyl groups is 1. The van der Waals surface area contributed by atoms with Gasteiger partial charge in [0.15, 0.2) is 0 Å². The van der Waals surface area contributed by atoms with E-state index in [1.165, 1.54) is 11.3 Å². The lowest BCUT2D eigenvalue weighted by Crippen LogP contribution is -2.11. The molecular formula is C12H17BrN2O. The lowest BCUT2D eigenvalue weighted by Gasteiger charge is -2.17. The number of allylic oxidation sites excluding steroid dienone is 1. The van der Waals surface area contributed by atoms with Gasteiger partial charge in [0.05, 0.1) is 22.0 Å². The summed E-state index contributed by atoms with van der Waals surface area (Å²) in [5, 5.41) is 14.0. The van der Waals surface area contributed by atoms with Crippen LogP contribution in [-0.4, -0.2) is 21.0 Å². The summed E-state index contributed by atoms with van der Waals surface area (Å²) in [5.74, 6) is 0. The Morgan fingerprint density at radius 2 is 2.38 bits per heavy atom. The largest absolute Gasteiger partial charge is 0.389 e. The number of aromatic nitrogens is 2. The Labute approximate surface area is 104 Å². The Kier molecular flexibility index (Phi) is 3.50. The van der Waals surface area contributed by atoms with Crippen molar-refractivity contribution in [2.45, 2.75) is 38.7 Å². The molecule has 1 aliphatic rings. The van der Waals surface area contributed by atoms with E-state index in [1.54, 1.807) is 0 Å². The van der Waals surface area contributed by atoms with Crippen LogP contribution in [0.4, 0.5) is 0 Å². The van der Waals surface area contributed by atoms with Gasteiger partial charge < -0.3 is 5.11 Å². The third-order valence-electron chi connectivity index (χ3n) is 3.08. The van der Waals surface area contributed by atoms with Crippen LogP contribution < -0.4 is 0 Å². The minimum absolute atomic E-state index is 0.253. The normalized spacial score (nSPS) is 21.0. The zero-order valence-corrected chi connectivity index (χ0v) is 11.3. The topological polar surface area (TPSA) is 38.0 Å². The van der Waals surface area contributed by atoms with Crippen molar-refractivity contribution in [2.24, 2.45) is 7.05 Å². The van der Waals surface area contributed by atoms with Crippen molar-refractivity contribution < 1.29 is 5.11 Å². The first-order valence-corrected chi connectivity index (χ1v) is 6.43. The van der Waals surface area contributed by atoms with Gasteiger partial charge in [-0.05, 0) is 42.1 Å². The molecule has 0 saturated carbocycles. The molecule has 0 spiro atoms. The van der Waals surface area contributed by atoms with Gasteiger partial charge in [0.2, 0.25) is 0 Å². The highest BCUT2D eigenvalue weighted by molar-refractivity contribution is 9.10. The molecule has 16 heavy (non-hydrogen) atoms. The molecule has 3 nitrogen and oxygen atoms in total. The molecule has 1 N–H and O–H groups in total. The summed E-state index contributed by atoms with van der Waals surface area (Å²) in [6.07, 6.45) is 5.70. The van der Waals surface area contributed by atoms with E-state index >= 15 is 0 Å². The van der Waals surface area contributed by atoms with Crippen LogP contribution in [0.1, 0.15) is 30.7 Å². The maximum Gasteiger partial charge on any atom is 0.0738 e. The van der Waals surface area contributed by atoms with Crippen molar-refractivity contribution in [2.75, 3.05) is 0 Å². The second-order valence-electron chi connectivity index (χ2n) is 4.43. The van der Waals surface area contributed by atoms with Gasteiger partial charge >= 0.3 is 0 Å². The first-order chi connectivity index (χ1) is 7.58. The SMILES string of the molecule is Cc1nn(C)c(CC2=CC(O)CCC2)c1Br. The van der Waals surface area contributed by atoms with E-state index in [4.69, 9.17) is 0 Å². The molecule has 1 aromatic heterocycles. The molecule has 1 atom stereocenters. The molecule has 0 fully saturated rings. The Hall–Kier alpha value is -0.610. The average molecular weight is 285 g/mol. The molecule has 88 valence electrons. The van der Waals surface area contributed by atoms with E-state index < -0.39 is 0 Å². The lowest BCUT2D eigenvalue weighted by atomic mass is 9.94. The van der Waals surface area contributed by atoms with Gasteiger partial charge in [0, 0.05) is 13.5 Å². The van der Waals surface area contributed by atoms with E-state index in [9.17, 15) is 5.11 Å². The van der Waals surface area contributed by atoms with E-state index in [2.05, 4.69) is 21.0 Å². The summed E-state index contributed by atoms with van der Waals surface area (Å²) in [4.78, 5) is 0. The summed E-state index contributed by atoms with van der Waals surface area (Å²) >= 11 is 3.57. The van der Waals surface area contributed by atoms with Crippen LogP contribution >= 0.6 is 15.9 Å². The molecular weight excluding hydrogens is 268 g/mol. The highest BCUT2D eigenvalue weighted by Crippen LogP contribution is 2.26. The number of aliphatic hydroxyl groups excluding tert-OH is 1. The Morgan fingerprint density at radius 1 is 1.62 bits per heavy atom. The van der Waals surface area contributed by atoms with Crippen molar-refractivity contribution >= 4 is 15.9 Å². The Morgan fingerprint density at radius 3 is 2.94 bits per heavy atom. The van der Waals surface area contributed by atoms with Crippen LogP contribution in [0.5, 0.6) is 0 Å². The highest BCUT2D eigenvalue weighted by Gasteiger charge is 2.16. The first kappa shape index (κ1) is 11.9. The van der Waals surface area contributed by atoms with Crippen LogP contribution in [0.15, 0.2) is 16.1 Å². The zero-order valence-electron chi connectivity index (χ0n) is 9.70. The standard InChI is InChI=1S/C12H17BrN2O/c1-8-12(13)11(15(2)14-8)7-9-4-3-5-10(16)6-9/h6,10,16H,3-5,7H2,1-2H3. The van der Waals surface area contributed by atoms with Gasteiger partial charge in [-0.3, -0.25) is 4.68 Å². The second-order valence-corrected chi connectivity index (χ2v) is 5.22. The molecule has 0 saturated heterocycles. The third kappa shape index (κ3) is 2.38. The molecule has 0 bridgehead atoms. The smallest absolute Gasteiger partial charge is 0.0738 e. The number of hydrogen-bond donors (Lipinski definition) is 1. The van der Waals surface area contributed by atoms with Crippen LogP contribution in [0, 0.1) is 6.92 Å². The molecule has 0 amide bonds. The van der Waals surface area contributed by atoms with E-state index in [1.807, 2.05) is 24.7 Å². The number of nitrogens with zero attached hydrogens (tertiary/aromatic N) is 2. The van der Waals surface area contributed by atoms with Crippen molar-refractivity contribution in [1.82, 2.24) is 9.78 Å². The minimum Gasteiger partial charge on any atom is -0.389 e. The van der Waals surface area contributed by atoms with Gasteiger partial charge in [0.25, 0.3) is 0 Å². The molecule has 0 radical (unpaired) electrons. The number of aryl methyl sites for hydroxylation is 2. The monoisotopic (exact) mass is 284 g/mol. The number of halogens is 1. The predicted octanol–water partition coefficient (Wildman–Crippen LogP) is 2.50.